The van der Waals surface area contributed by atoms with Gasteiger partial charge in [-0.25, -0.2) is 0 Å². The average molecular weight is 612 g/mol. The molecule has 0 radical (unpaired) electrons. The lowest BCUT2D eigenvalue weighted by Crippen LogP contribution is -2.10. The van der Waals surface area contributed by atoms with E-state index < -0.39 is 0 Å². The first-order valence-electron chi connectivity index (χ1n) is 16.3. The summed E-state index contributed by atoms with van der Waals surface area (Å²) in [6.07, 6.45) is 16.1. The zero-order valence-corrected chi connectivity index (χ0v) is 28.2. The van der Waals surface area contributed by atoms with Crippen molar-refractivity contribution < 1.29 is 0 Å². The highest BCUT2D eigenvalue weighted by Gasteiger charge is 2.20. The maximum atomic E-state index is 6.35. The van der Waals surface area contributed by atoms with Gasteiger partial charge in [0.25, 0.3) is 0 Å². The summed E-state index contributed by atoms with van der Waals surface area (Å²) in [5.41, 5.74) is 15.8. The van der Waals surface area contributed by atoms with E-state index in [1.54, 1.807) is 12.2 Å². The quantitative estimate of drug-likeness (QED) is 0.134. The van der Waals surface area contributed by atoms with E-state index >= 15 is 0 Å². The first kappa shape index (κ1) is 33.0. The molecule has 234 valence electrons. The highest BCUT2D eigenvalue weighted by atomic mass is 14.6. The average Bonchev–Trinajstić information content (AvgIpc) is 3.09. The fourth-order valence-electron chi connectivity index (χ4n) is 6.09. The third kappa shape index (κ3) is 7.05. The summed E-state index contributed by atoms with van der Waals surface area (Å²) >= 11 is 0. The van der Waals surface area contributed by atoms with Gasteiger partial charge < -0.3 is 5.73 Å². The predicted octanol–water partition coefficient (Wildman–Crippen LogP) is 12.7. The van der Waals surface area contributed by atoms with Crippen molar-refractivity contribution in [3.05, 3.63) is 176 Å². The van der Waals surface area contributed by atoms with Crippen LogP contribution < -0.4 is 5.73 Å². The largest absolute Gasteiger partial charge is 0.398 e. The van der Waals surface area contributed by atoms with Gasteiger partial charge in [-0.05, 0) is 102 Å². The van der Waals surface area contributed by atoms with Crippen LogP contribution >= 0.6 is 0 Å². The van der Waals surface area contributed by atoms with E-state index in [1.807, 2.05) is 37.3 Å². The summed E-state index contributed by atoms with van der Waals surface area (Å²) in [4.78, 5) is 0. The van der Waals surface area contributed by atoms with Gasteiger partial charge in [-0.15, -0.1) is 0 Å². The van der Waals surface area contributed by atoms with Crippen molar-refractivity contribution in [2.45, 2.75) is 39.5 Å². The molecule has 0 aliphatic heterocycles. The Balaban J connectivity index is 0.00000103. The highest BCUT2D eigenvalue weighted by molar-refractivity contribution is 6.28. The summed E-state index contributed by atoms with van der Waals surface area (Å²) < 4.78 is 0. The lowest BCUT2D eigenvalue weighted by Gasteiger charge is -2.23. The van der Waals surface area contributed by atoms with Crippen molar-refractivity contribution >= 4 is 38.0 Å². The minimum absolute atomic E-state index is 0.0777. The first-order valence-corrected chi connectivity index (χ1v) is 16.3. The van der Waals surface area contributed by atoms with Gasteiger partial charge in [-0.1, -0.05) is 168 Å². The minimum Gasteiger partial charge on any atom is -0.398 e. The monoisotopic (exact) mass is 611 g/mol. The second-order valence-electron chi connectivity index (χ2n) is 12.9. The topological polar surface area (TPSA) is 26.0 Å². The molecule has 0 amide bonds. The highest BCUT2D eigenvalue weighted by Crippen LogP contribution is 2.45. The molecule has 1 nitrogen and oxygen atoms in total. The van der Waals surface area contributed by atoms with Crippen LogP contribution in [0.5, 0.6) is 0 Å². The Hall–Kier alpha value is -5.40. The molecule has 0 fully saturated rings. The van der Waals surface area contributed by atoms with E-state index in [2.05, 4.69) is 138 Å². The van der Waals surface area contributed by atoms with Crippen LogP contribution in [0.3, 0.4) is 0 Å². The molecule has 0 bridgehead atoms. The van der Waals surface area contributed by atoms with E-state index in [1.165, 1.54) is 65.7 Å². The van der Waals surface area contributed by atoms with Crippen LogP contribution in [0.15, 0.2) is 159 Å². The molecule has 47 heavy (non-hydrogen) atoms. The summed E-state index contributed by atoms with van der Waals surface area (Å²) in [7, 11) is 0. The van der Waals surface area contributed by atoms with E-state index in [-0.39, 0.29) is 5.41 Å². The second kappa shape index (κ2) is 14.4. The fourth-order valence-corrected chi connectivity index (χ4v) is 6.09. The molecule has 0 unspecified atom stereocenters. The number of hydrogen-bond acceptors (Lipinski definition) is 1. The van der Waals surface area contributed by atoms with Crippen LogP contribution in [0.4, 0.5) is 0 Å². The van der Waals surface area contributed by atoms with Crippen LogP contribution in [-0.4, -0.2) is 0 Å². The van der Waals surface area contributed by atoms with Crippen LogP contribution in [0.25, 0.3) is 60.3 Å². The van der Waals surface area contributed by atoms with Gasteiger partial charge in [-0.3, -0.25) is 0 Å². The van der Waals surface area contributed by atoms with Gasteiger partial charge in [0.05, 0.1) is 0 Å². The van der Waals surface area contributed by atoms with Gasteiger partial charge in [0.1, 0.15) is 0 Å². The molecular weight excluding hydrogens is 567 g/mol. The Morgan fingerprint density at radius 3 is 1.70 bits per heavy atom. The van der Waals surface area contributed by atoms with Crippen molar-refractivity contribution in [1.82, 2.24) is 0 Å². The summed E-state index contributed by atoms with van der Waals surface area (Å²) in [6.45, 7) is 19.4. The molecule has 0 spiro atoms. The van der Waals surface area contributed by atoms with E-state index in [4.69, 9.17) is 5.73 Å². The van der Waals surface area contributed by atoms with E-state index in [0.717, 1.165) is 17.7 Å². The zero-order chi connectivity index (χ0) is 33.6. The van der Waals surface area contributed by atoms with Crippen LogP contribution in [0, 0.1) is 0 Å². The first-order chi connectivity index (χ1) is 22.7. The maximum Gasteiger partial charge on any atom is 0.0387 e. The number of benzene rings is 6. The molecule has 0 saturated carbocycles. The van der Waals surface area contributed by atoms with Gasteiger partial charge >= 0.3 is 0 Å². The Labute approximate surface area is 280 Å². The smallest absolute Gasteiger partial charge is 0.0387 e. The predicted molar refractivity (Wildman–Crippen MR) is 210 cm³/mol. The van der Waals surface area contributed by atoms with Gasteiger partial charge in [0.2, 0.25) is 0 Å². The summed E-state index contributed by atoms with van der Waals surface area (Å²) in [6, 6.07) is 34.1. The Morgan fingerprint density at radius 1 is 0.660 bits per heavy atom. The van der Waals surface area contributed by atoms with Gasteiger partial charge in [-0.2, -0.15) is 0 Å². The Bertz CT molecular complexity index is 2100. The molecule has 6 rings (SSSR count). The standard InChI is InChI=1S/C42H39N.C4H6/c1-6-8-10-11-28-13-15-29(16-14-28)37-27-38(30-17-19-31(20-18-30)39(43)12-9-7-2)36-24-22-33-26-34(42(3,4)5)25-32-21-23-35(37)41(36)40(32)33;1-3-4-2/h6-10,12-27H,1,11,43H2,2-5H3;3-4H,1-2H2/b9-7-,10-8-,39-12-;. The lowest BCUT2D eigenvalue weighted by molar-refractivity contribution is 0.591. The molecule has 0 heterocycles. The molecule has 6 aromatic carbocycles. The van der Waals surface area contributed by atoms with Crippen molar-refractivity contribution in [2.24, 2.45) is 5.73 Å². The Morgan fingerprint density at radius 2 is 1.21 bits per heavy atom. The molecule has 0 aliphatic rings. The molecule has 0 atom stereocenters. The lowest BCUT2D eigenvalue weighted by atomic mass is 9.81. The molecule has 0 aliphatic carbocycles. The normalized spacial score (nSPS) is 12.2. The zero-order valence-electron chi connectivity index (χ0n) is 28.2. The van der Waals surface area contributed by atoms with Crippen molar-refractivity contribution in [3.63, 3.8) is 0 Å². The summed E-state index contributed by atoms with van der Waals surface area (Å²) in [5, 5.41) is 7.83. The number of nitrogens with two attached hydrogens (primary N) is 1. The van der Waals surface area contributed by atoms with Gasteiger partial charge in [0.15, 0.2) is 0 Å². The molecule has 6 aromatic rings. The number of rotatable bonds is 8. The van der Waals surface area contributed by atoms with Crippen molar-refractivity contribution in [1.29, 1.82) is 0 Å². The van der Waals surface area contributed by atoms with E-state index in [9.17, 15) is 0 Å². The Kier molecular flexibility index (Phi) is 10.1. The van der Waals surface area contributed by atoms with Crippen LogP contribution in [-0.2, 0) is 11.8 Å². The third-order valence-electron chi connectivity index (χ3n) is 8.64. The molecule has 0 saturated heterocycles. The van der Waals surface area contributed by atoms with Crippen LogP contribution in [0.2, 0.25) is 0 Å². The van der Waals surface area contributed by atoms with E-state index in [0.29, 0.717) is 0 Å². The SMILES string of the molecule is C=C/C=C\Cc1ccc(-c2cc(-c3ccc(/C(N)=C/C=C\C)cc3)c3ccc4cc(C(C)(C)C)cc5ccc2c3c54)cc1.C=CC=C. The molecule has 0 aromatic heterocycles. The maximum absolute atomic E-state index is 6.35. The number of hydrogen-bond donors (Lipinski definition) is 1. The molecular formula is C46H45N. The number of allylic oxidation sites excluding steroid dienone is 8. The minimum atomic E-state index is 0.0777. The fraction of sp³-hybridized carbons (Fsp3) is 0.130. The van der Waals surface area contributed by atoms with Crippen LogP contribution in [0.1, 0.15) is 44.4 Å². The van der Waals surface area contributed by atoms with Crippen molar-refractivity contribution in [2.75, 3.05) is 0 Å². The summed E-state index contributed by atoms with van der Waals surface area (Å²) in [5.74, 6) is 0. The van der Waals surface area contributed by atoms with Crippen molar-refractivity contribution in [3.8, 4) is 22.3 Å². The molecule has 1 heteroatoms. The third-order valence-corrected chi connectivity index (χ3v) is 8.64. The second-order valence-corrected chi connectivity index (χ2v) is 12.9. The van der Waals surface area contributed by atoms with Gasteiger partial charge in [0, 0.05) is 5.70 Å². The molecule has 2 N–H and O–H groups in total.